The molecule has 2 aliphatic rings. The molecule has 2 aromatic rings. The maximum absolute atomic E-state index is 10.2. The zero-order valence-corrected chi connectivity index (χ0v) is 12.1. The van der Waals surface area contributed by atoms with Gasteiger partial charge >= 0.3 is 125 Å². The SMILES string of the molecule is Oc1ccc2c(c1-c1c(O)ccc3c1O[I-]O3)OCO2. The second kappa shape index (κ2) is 4.23. The van der Waals surface area contributed by atoms with Gasteiger partial charge in [-0.25, -0.2) is 0 Å². The fourth-order valence-corrected chi connectivity index (χ4v) is 3.46. The molecule has 2 heterocycles. The monoisotopic (exact) mass is 387 g/mol. The number of benzene rings is 2. The van der Waals surface area contributed by atoms with E-state index < -0.39 is 22.0 Å². The number of hydrogen-bond donors (Lipinski definition) is 2. The van der Waals surface area contributed by atoms with Crippen LogP contribution in [-0.4, -0.2) is 17.0 Å². The van der Waals surface area contributed by atoms with E-state index >= 15 is 0 Å². The summed E-state index contributed by atoms with van der Waals surface area (Å²) < 4.78 is 21.6. The zero-order chi connectivity index (χ0) is 13.7. The minimum absolute atomic E-state index is 0.0162. The van der Waals surface area contributed by atoms with Gasteiger partial charge in [0.15, 0.2) is 0 Å². The molecule has 0 atom stereocenters. The van der Waals surface area contributed by atoms with Crippen LogP contribution < -0.4 is 37.6 Å². The van der Waals surface area contributed by atoms with E-state index in [0.717, 1.165) is 0 Å². The molecule has 4 rings (SSSR count). The van der Waals surface area contributed by atoms with Crippen molar-refractivity contribution in [1.29, 1.82) is 0 Å². The molecule has 0 radical (unpaired) electrons. The second-order valence-electron chi connectivity index (χ2n) is 4.20. The minimum atomic E-state index is -0.890. The Hall–Kier alpha value is -2.03. The molecule has 7 heteroatoms. The van der Waals surface area contributed by atoms with Crippen LogP contribution in [0.4, 0.5) is 0 Å². The Morgan fingerprint density at radius 1 is 0.800 bits per heavy atom. The normalized spacial score (nSPS) is 15.0. The van der Waals surface area contributed by atoms with Crippen LogP contribution >= 0.6 is 0 Å². The summed E-state index contributed by atoms with van der Waals surface area (Å²) in [5.41, 5.74) is 0.711. The molecule has 20 heavy (non-hydrogen) atoms. The third-order valence-corrected chi connectivity index (χ3v) is 4.36. The number of fused-ring (bicyclic) bond motifs is 2. The first kappa shape index (κ1) is 11.8. The van der Waals surface area contributed by atoms with Gasteiger partial charge in [0.05, 0.1) is 0 Å². The van der Waals surface area contributed by atoms with Crippen LogP contribution in [0.25, 0.3) is 11.1 Å². The quantitative estimate of drug-likeness (QED) is 0.624. The Kier molecular flexibility index (Phi) is 2.49. The summed E-state index contributed by atoms with van der Waals surface area (Å²) in [5.74, 6) is 1.86. The van der Waals surface area contributed by atoms with Crippen molar-refractivity contribution in [2.24, 2.45) is 0 Å². The van der Waals surface area contributed by atoms with Gasteiger partial charge in [0.25, 0.3) is 0 Å². The van der Waals surface area contributed by atoms with Crippen molar-refractivity contribution in [3.8, 4) is 45.6 Å². The molecule has 2 aliphatic heterocycles. The van der Waals surface area contributed by atoms with Crippen molar-refractivity contribution in [2.45, 2.75) is 0 Å². The van der Waals surface area contributed by atoms with Crippen molar-refractivity contribution in [3.63, 3.8) is 0 Å². The molecule has 0 bridgehead atoms. The van der Waals surface area contributed by atoms with E-state index in [0.29, 0.717) is 34.1 Å². The van der Waals surface area contributed by atoms with E-state index in [1.165, 1.54) is 12.1 Å². The fraction of sp³-hybridized carbons (Fsp3) is 0.0769. The van der Waals surface area contributed by atoms with Crippen molar-refractivity contribution < 1.29 is 47.9 Å². The molecule has 104 valence electrons. The average Bonchev–Trinajstić information content (AvgIpc) is 3.08. The van der Waals surface area contributed by atoms with Gasteiger partial charge in [0.2, 0.25) is 0 Å². The van der Waals surface area contributed by atoms with E-state index in [1.807, 2.05) is 0 Å². The van der Waals surface area contributed by atoms with Gasteiger partial charge in [-0.1, -0.05) is 0 Å². The van der Waals surface area contributed by atoms with E-state index in [2.05, 4.69) is 0 Å². The predicted octanol–water partition coefficient (Wildman–Crippen LogP) is -0.816. The van der Waals surface area contributed by atoms with Crippen molar-refractivity contribution in [3.05, 3.63) is 24.3 Å². The van der Waals surface area contributed by atoms with E-state index in [4.69, 9.17) is 15.6 Å². The average molecular weight is 387 g/mol. The molecule has 0 aromatic heterocycles. The maximum atomic E-state index is 10.2. The standard InChI is InChI=1S/C13H8IO6/c15-6-1-3-8-12(18-5-17-8)10(6)11-7(16)2-4-9-13(11)20-14-19-9/h1-4,15-16H,5H2/q-1. The van der Waals surface area contributed by atoms with Crippen LogP contribution in [-0.2, 0) is 0 Å². The molecule has 0 saturated carbocycles. The summed E-state index contributed by atoms with van der Waals surface area (Å²) in [4.78, 5) is 0. The zero-order valence-electron chi connectivity index (χ0n) is 9.92. The van der Waals surface area contributed by atoms with Gasteiger partial charge in [0, 0.05) is 0 Å². The van der Waals surface area contributed by atoms with Crippen LogP contribution in [0.3, 0.4) is 0 Å². The third kappa shape index (κ3) is 1.56. The Balaban J connectivity index is 2.04. The van der Waals surface area contributed by atoms with Crippen LogP contribution in [0.1, 0.15) is 0 Å². The summed E-state index contributed by atoms with van der Waals surface area (Å²) in [5, 5.41) is 20.3. The molecule has 0 fully saturated rings. The molecule has 2 N–H and O–H groups in total. The third-order valence-electron chi connectivity index (χ3n) is 3.09. The van der Waals surface area contributed by atoms with Crippen LogP contribution in [0.15, 0.2) is 24.3 Å². The Morgan fingerprint density at radius 2 is 1.50 bits per heavy atom. The molecule has 0 unspecified atom stereocenters. The van der Waals surface area contributed by atoms with Gasteiger partial charge in [-0.2, -0.15) is 0 Å². The first-order valence-corrected chi connectivity index (χ1v) is 7.48. The Morgan fingerprint density at radius 3 is 2.30 bits per heavy atom. The second-order valence-corrected chi connectivity index (χ2v) is 5.44. The van der Waals surface area contributed by atoms with Gasteiger partial charge in [-0.15, -0.1) is 0 Å². The molecule has 0 saturated heterocycles. The fourth-order valence-electron chi connectivity index (χ4n) is 2.22. The number of ether oxygens (including phenoxy) is 2. The predicted molar refractivity (Wildman–Crippen MR) is 62.6 cm³/mol. The molecule has 2 aromatic carbocycles. The first-order valence-electron chi connectivity index (χ1n) is 5.72. The molecule has 0 aliphatic carbocycles. The first-order chi connectivity index (χ1) is 9.75. The van der Waals surface area contributed by atoms with E-state index in [1.54, 1.807) is 12.1 Å². The number of rotatable bonds is 1. The van der Waals surface area contributed by atoms with Crippen molar-refractivity contribution >= 4 is 0 Å². The summed E-state index contributed by atoms with van der Waals surface area (Å²) in [6.45, 7) is 0.0753. The van der Waals surface area contributed by atoms with E-state index in [9.17, 15) is 10.2 Å². The number of aromatic hydroxyl groups is 2. The number of halogens is 1. The molecular formula is C13H8IO6-. The number of phenols is 2. The Bertz CT molecular complexity index is 653. The number of phenolic OH excluding ortho intramolecular Hbond substituents is 2. The molecule has 0 spiro atoms. The van der Waals surface area contributed by atoms with Crippen LogP contribution in [0.5, 0.6) is 34.5 Å². The van der Waals surface area contributed by atoms with Gasteiger partial charge in [-0.05, 0) is 0 Å². The molecule has 0 amide bonds. The van der Waals surface area contributed by atoms with Crippen molar-refractivity contribution in [1.82, 2.24) is 0 Å². The Labute approximate surface area is 124 Å². The van der Waals surface area contributed by atoms with Gasteiger partial charge < -0.3 is 0 Å². The number of hydrogen-bond acceptors (Lipinski definition) is 6. The summed E-state index contributed by atoms with van der Waals surface area (Å²) in [6.07, 6.45) is 0. The van der Waals surface area contributed by atoms with Gasteiger partial charge in [-0.3, -0.25) is 0 Å². The summed E-state index contributed by atoms with van der Waals surface area (Å²) in [7, 11) is 0. The van der Waals surface area contributed by atoms with Crippen molar-refractivity contribution in [2.75, 3.05) is 6.79 Å². The van der Waals surface area contributed by atoms with Crippen LogP contribution in [0, 0.1) is 0 Å². The van der Waals surface area contributed by atoms with Gasteiger partial charge in [0.1, 0.15) is 0 Å². The topological polar surface area (TPSA) is 77.4 Å². The van der Waals surface area contributed by atoms with Crippen LogP contribution in [0.2, 0.25) is 0 Å². The molecular weight excluding hydrogens is 379 g/mol. The summed E-state index contributed by atoms with van der Waals surface area (Å²) >= 11 is -0.890. The van der Waals surface area contributed by atoms with E-state index in [-0.39, 0.29) is 18.3 Å². The summed E-state index contributed by atoms with van der Waals surface area (Å²) in [6, 6.07) is 6.25. The molecule has 6 nitrogen and oxygen atoms in total.